The summed E-state index contributed by atoms with van der Waals surface area (Å²) in [5.41, 5.74) is 0.630. The van der Waals surface area contributed by atoms with E-state index in [4.69, 9.17) is 4.74 Å². The smallest absolute Gasteiger partial charge is 0.261 e. The minimum absolute atomic E-state index is 0.142. The van der Waals surface area contributed by atoms with Gasteiger partial charge in [0.2, 0.25) is 5.88 Å². The number of hydrogen-bond donors (Lipinski definition) is 1. The van der Waals surface area contributed by atoms with Crippen LogP contribution in [0.4, 0.5) is 0 Å². The zero-order valence-electron chi connectivity index (χ0n) is 13.4. The first-order valence-electron chi connectivity index (χ1n) is 7.51. The Hall–Kier alpha value is -3.08. The molecule has 0 aliphatic rings. The Morgan fingerprint density at radius 1 is 1.12 bits per heavy atom. The molecular formula is C19H17NO4. The second-order valence-corrected chi connectivity index (χ2v) is 5.54. The summed E-state index contributed by atoms with van der Waals surface area (Å²) in [5, 5.41) is 11.3. The number of nitrogens with zero attached hydrogens (tertiary/aromatic N) is 1. The van der Waals surface area contributed by atoms with Crippen molar-refractivity contribution in [2.45, 2.75) is 13.5 Å². The largest absolute Gasteiger partial charge is 0.497 e. The van der Waals surface area contributed by atoms with E-state index in [1.54, 1.807) is 18.2 Å². The number of aromatic hydroxyl groups is 1. The Morgan fingerprint density at radius 3 is 2.46 bits per heavy atom. The fourth-order valence-electron chi connectivity index (χ4n) is 2.80. The van der Waals surface area contributed by atoms with Crippen LogP contribution in [-0.2, 0) is 6.54 Å². The second-order valence-electron chi connectivity index (χ2n) is 5.54. The van der Waals surface area contributed by atoms with Crippen LogP contribution in [0.15, 0.2) is 53.3 Å². The molecule has 0 atom stereocenters. The van der Waals surface area contributed by atoms with Crippen LogP contribution in [0.5, 0.6) is 11.6 Å². The highest BCUT2D eigenvalue weighted by Gasteiger charge is 2.19. The number of Topliss-reactive ketones (excluding diaryl/α,β-unsaturated/α-hetero) is 1. The maximum absolute atomic E-state index is 12.8. The van der Waals surface area contributed by atoms with Crippen LogP contribution in [-0.4, -0.2) is 22.6 Å². The summed E-state index contributed by atoms with van der Waals surface area (Å²) < 4.78 is 6.39. The van der Waals surface area contributed by atoms with E-state index >= 15 is 0 Å². The Labute approximate surface area is 138 Å². The normalized spacial score (nSPS) is 10.8. The third-order valence-electron chi connectivity index (χ3n) is 3.99. The molecule has 5 nitrogen and oxygen atoms in total. The summed E-state index contributed by atoms with van der Waals surface area (Å²) >= 11 is 0. The van der Waals surface area contributed by atoms with Gasteiger partial charge in [0.05, 0.1) is 24.6 Å². The molecule has 1 N–H and O–H groups in total. The van der Waals surface area contributed by atoms with E-state index in [1.807, 2.05) is 30.3 Å². The standard InChI is InChI=1S/C19H17NO4/c1-12(21)17-15-9-8-14(24-2)10-16(15)18(22)20(19(17)23)11-13-6-4-3-5-7-13/h3-10,23H,11H2,1-2H3. The fourth-order valence-corrected chi connectivity index (χ4v) is 2.80. The minimum atomic E-state index is -0.366. The van der Waals surface area contributed by atoms with E-state index in [1.165, 1.54) is 18.6 Å². The van der Waals surface area contributed by atoms with E-state index in [9.17, 15) is 14.7 Å². The van der Waals surface area contributed by atoms with Crippen molar-refractivity contribution in [1.82, 2.24) is 4.57 Å². The number of fused-ring (bicyclic) bond motifs is 1. The first-order chi connectivity index (χ1) is 11.5. The molecule has 24 heavy (non-hydrogen) atoms. The van der Waals surface area contributed by atoms with Crippen molar-refractivity contribution in [3.8, 4) is 11.6 Å². The molecule has 3 aromatic rings. The average molecular weight is 323 g/mol. The van der Waals surface area contributed by atoms with Gasteiger partial charge in [-0.2, -0.15) is 0 Å². The lowest BCUT2D eigenvalue weighted by atomic mass is 10.0. The van der Waals surface area contributed by atoms with E-state index in [0.29, 0.717) is 16.5 Å². The first kappa shape index (κ1) is 15.8. The summed E-state index contributed by atoms with van der Waals surface area (Å²) in [4.78, 5) is 24.9. The number of carbonyl (C=O) groups excluding carboxylic acids is 1. The molecule has 0 bridgehead atoms. The summed E-state index contributed by atoms with van der Waals surface area (Å²) in [6, 6.07) is 14.2. The fraction of sp³-hybridized carbons (Fsp3) is 0.158. The average Bonchev–Trinajstić information content (AvgIpc) is 2.59. The molecule has 3 rings (SSSR count). The molecule has 1 heterocycles. The van der Waals surface area contributed by atoms with Crippen LogP contribution in [0.2, 0.25) is 0 Å². The van der Waals surface area contributed by atoms with Gasteiger partial charge in [-0.05, 0) is 30.7 Å². The van der Waals surface area contributed by atoms with Crippen LogP contribution >= 0.6 is 0 Å². The van der Waals surface area contributed by atoms with Gasteiger partial charge in [-0.3, -0.25) is 14.2 Å². The predicted molar refractivity (Wildman–Crippen MR) is 92.0 cm³/mol. The van der Waals surface area contributed by atoms with Gasteiger partial charge in [0.15, 0.2) is 5.78 Å². The van der Waals surface area contributed by atoms with Crippen LogP contribution in [0.25, 0.3) is 10.8 Å². The molecule has 2 aromatic carbocycles. The molecular weight excluding hydrogens is 306 g/mol. The lowest BCUT2D eigenvalue weighted by Gasteiger charge is -2.15. The number of ketones is 1. The number of ether oxygens (including phenoxy) is 1. The van der Waals surface area contributed by atoms with Crippen molar-refractivity contribution in [1.29, 1.82) is 0 Å². The molecule has 122 valence electrons. The second kappa shape index (κ2) is 6.20. The van der Waals surface area contributed by atoms with Gasteiger partial charge in [0.1, 0.15) is 5.75 Å². The zero-order chi connectivity index (χ0) is 17.3. The van der Waals surface area contributed by atoms with Crippen molar-refractivity contribution < 1.29 is 14.6 Å². The van der Waals surface area contributed by atoms with Crippen molar-refractivity contribution >= 4 is 16.6 Å². The molecule has 5 heteroatoms. The van der Waals surface area contributed by atoms with Gasteiger partial charge in [-0.15, -0.1) is 0 Å². The Kier molecular flexibility index (Phi) is 4.08. The maximum Gasteiger partial charge on any atom is 0.261 e. The Balaban J connectivity index is 2.32. The molecule has 0 fully saturated rings. The van der Waals surface area contributed by atoms with Crippen molar-refractivity contribution in [3.63, 3.8) is 0 Å². The quantitative estimate of drug-likeness (QED) is 0.750. The van der Waals surface area contributed by atoms with Crippen molar-refractivity contribution in [2.75, 3.05) is 7.11 Å². The van der Waals surface area contributed by atoms with Gasteiger partial charge in [0, 0.05) is 5.39 Å². The molecule has 0 amide bonds. The van der Waals surface area contributed by atoms with Gasteiger partial charge in [-0.1, -0.05) is 30.3 Å². The van der Waals surface area contributed by atoms with Gasteiger partial charge in [-0.25, -0.2) is 0 Å². The predicted octanol–water partition coefficient (Wildman–Crippen LogP) is 2.97. The van der Waals surface area contributed by atoms with E-state index in [0.717, 1.165) is 5.56 Å². The number of methoxy groups -OCH3 is 1. The number of pyridine rings is 1. The summed E-state index contributed by atoms with van der Waals surface area (Å²) in [7, 11) is 1.51. The van der Waals surface area contributed by atoms with E-state index < -0.39 is 0 Å². The van der Waals surface area contributed by atoms with Gasteiger partial charge in [0.25, 0.3) is 5.56 Å². The molecule has 0 aliphatic carbocycles. The third-order valence-corrected chi connectivity index (χ3v) is 3.99. The number of carbonyl (C=O) groups is 1. The highest BCUT2D eigenvalue weighted by Crippen LogP contribution is 2.28. The Bertz CT molecular complexity index is 974. The number of rotatable bonds is 4. The third kappa shape index (κ3) is 2.65. The zero-order valence-corrected chi connectivity index (χ0v) is 13.4. The molecule has 0 spiro atoms. The lowest BCUT2D eigenvalue weighted by molar-refractivity contribution is 0.101. The minimum Gasteiger partial charge on any atom is -0.497 e. The number of hydrogen-bond acceptors (Lipinski definition) is 4. The van der Waals surface area contributed by atoms with E-state index in [-0.39, 0.29) is 29.3 Å². The number of benzene rings is 2. The number of aromatic nitrogens is 1. The van der Waals surface area contributed by atoms with Crippen LogP contribution in [0.3, 0.4) is 0 Å². The first-order valence-corrected chi connectivity index (χ1v) is 7.51. The summed E-state index contributed by atoms with van der Waals surface area (Å²) in [6.45, 7) is 1.55. The maximum atomic E-state index is 12.8. The molecule has 0 aliphatic heterocycles. The molecule has 0 radical (unpaired) electrons. The van der Waals surface area contributed by atoms with Gasteiger partial charge < -0.3 is 9.84 Å². The monoisotopic (exact) mass is 323 g/mol. The highest BCUT2D eigenvalue weighted by molar-refractivity contribution is 6.08. The molecule has 0 saturated heterocycles. The SMILES string of the molecule is COc1ccc2c(C(C)=O)c(O)n(Cc3ccccc3)c(=O)c2c1. The Morgan fingerprint density at radius 2 is 1.83 bits per heavy atom. The highest BCUT2D eigenvalue weighted by atomic mass is 16.5. The van der Waals surface area contributed by atoms with Crippen LogP contribution < -0.4 is 10.3 Å². The van der Waals surface area contributed by atoms with Crippen LogP contribution in [0, 0.1) is 0 Å². The molecule has 0 unspecified atom stereocenters. The van der Waals surface area contributed by atoms with Crippen LogP contribution in [0.1, 0.15) is 22.8 Å². The topological polar surface area (TPSA) is 68.5 Å². The van der Waals surface area contributed by atoms with Crippen molar-refractivity contribution in [2.24, 2.45) is 0 Å². The molecule has 0 saturated carbocycles. The summed E-state index contributed by atoms with van der Waals surface area (Å²) in [5.74, 6) is -0.0930. The summed E-state index contributed by atoms with van der Waals surface area (Å²) in [6.07, 6.45) is 0. The lowest BCUT2D eigenvalue weighted by Crippen LogP contribution is -2.23. The van der Waals surface area contributed by atoms with Gasteiger partial charge >= 0.3 is 0 Å². The van der Waals surface area contributed by atoms with E-state index in [2.05, 4.69) is 0 Å². The van der Waals surface area contributed by atoms with Crippen molar-refractivity contribution in [3.05, 3.63) is 70.0 Å². The molecule has 1 aromatic heterocycles.